The van der Waals surface area contributed by atoms with E-state index in [1.54, 1.807) is 11.0 Å². The Labute approximate surface area is 54.2 Å². The molecule has 44 valence electrons. The highest BCUT2D eigenvalue weighted by atomic mass is 32.2. The Kier molecular flexibility index (Phi) is 4.36. The predicted molar refractivity (Wildman–Crippen MR) is 41.1 cm³/mol. The first-order valence-electron chi connectivity index (χ1n) is 2.22. The molecule has 0 aliphatic heterocycles. The van der Waals surface area contributed by atoms with E-state index in [0.717, 1.165) is 5.70 Å². The van der Waals surface area contributed by atoms with Crippen molar-refractivity contribution in [2.75, 3.05) is 0 Å². The second-order valence-corrected chi connectivity index (χ2v) is 2.09. The van der Waals surface area contributed by atoms with Crippen molar-refractivity contribution in [3.63, 3.8) is 0 Å². The number of nitrogens with zero attached hydrogens (tertiary/aromatic N) is 1. The van der Waals surface area contributed by atoms with Crippen LogP contribution in [0.1, 0.15) is 6.92 Å². The summed E-state index contributed by atoms with van der Waals surface area (Å²) >= 11 is 1.45. The maximum atomic E-state index is 3.89. The predicted octanol–water partition coefficient (Wildman–Crippen LogP) is 2.43. The molecule has 0 spiro atoms. The third-order valence-electron chi connectivity index (χ3n) is 0.430. The van der Waals surface area contributed by atoms with Crippen molar-refractivity contribution in [1.82, 2.24) is 0 Å². The Hall–Kier alpha value is -0.500. The Morgan fingerprint density at radius 1 is 1.75 bits per heavy atom. The summed E-state index contributed by atoms with van der Waals surface area (Å²) in [5, 5.41) is 1.71. The second kappa shape index (κ2) is 4.65. The standard InChI is InChI=1S/C6H9NS/c1-4-8-5-7-6(2)3/h4-5H,1-2H2,3H3. The molecule has 0 heterocycles. The van der Waals surface area contributed by atoms with Crippen LogP contribution in [0.4, 0.5) is 0 Å². The van der Waals surface area contributed by atoms with Crippen LogP contribution in [-0.4, -0.2) is 5.55 Å². The average molecular weight is 127 g/mol. The van der Waals surface area contributed by atoms with Gasteiger partial charge in [-0.3, -0.25) is 4.99 Å². The Bertz CT molecular complexity index is 116. The molecule has 0 saturated carbocycles. The molecule has 0 rings (SSSR count). The normalized spacial score (nSPS) is 9.62. The van der Waals surface area contributed by atoms with E-state index in [0.29, 0.717) is 0 Å². The van der Waals surface area contributed by atoms with Gasteiger partial charge in [-0.15, -0.1) is 0 Å². The van der Waals surface area contributed by atoms with Gasteiger partial charge in [0.2, 0.25) is 0 Å². The fourth-order valence-electron chi connectivity index (χ4n) is 0.163. The van der Waals surface area contributed by atoms with Crippen molar-refractivity contribution in [3.8, 4) is 0 Å². The van der Waals surface area contributed by atoms with Crippen LogP contribution >= 0.6 is 11.8 Å². The molecule has 8 heavy (non-hydrogen) atoms. The molecule has 0 aliphatic carbocycles. The van der Waals surface area contributed by atoms with Gasteiger partial charge in [0, 0.05) is 5.70 Å². The fraction of sp³-hybridized carbons (Fsp3) is 0.167. The molecule has 0 aromatic rings. The molecule has 0 amide bonds. The van der Waals surface area contributed by atoms with Gasteiger partial charge >= 0.3 is 0 Å². The molecule has 0 aliphatic rings. The van der Waals surface area contributed by atoms with Gasteiger partial charge < -0.3 is 0 Å². The van der Waals surface area contributed by atoms with Gasteiger partial charge in [-0.2, -0.15) is 0 Å². The number of aliphatic imine (C=N–C) groups is 1. The van der Waals surface area contributed by atoms with Crippen molar-refractivity contribution in [2.45, 2.75) is 6.92 Å². The third kappa shape index (κ3) is 5.50. The van der Waals surface area contributed by atoms with Crippen molar-refractivity contribution in [1.29, 1.82) is 0 Å². The van der Waals surface area contributed by atoms with Crippen LogP contribution in [0.5, 0.6) is 0 Å². The van der Waals surface area contributed by atoms with Gasteiger partial charge in [-0.25, -0.2) is 0 Å². The van der Waals surface area contributed by atoms with Gasteiger partial charge in [0.05, 0.1) is 5.55 Å². The first kappa shape index (κ1) is 7.50. The van der Waals surface area contributed by atoms with E-state index >= 15 is 0 Å². The summed E-state index contributed by atoms with van der Waals surface area (Å²) in [6.07, 6.45) is 0. The van der Waals surface area contributed by atoms with Gasteiger partial charge in [0.15, 0.2) is 0 Å². The van der Waals surface area contributed by atoms with Crippen molar-refractivity contribution >= 4 is 17.3 Å². The molecule has 0 atom stereocenters. The lowest BCUT2D eigenvalue weighted by atomic mass is 10.6. The lowest BCUT2D eigenvalue weighted by molar-refractivity contribution is 1.35. The molecular formula is C6H9NS. The van der Waals surface area contributed by atoms with Crippen molar-refractivity contribution in [3.05, 3.63) is 24.3 Å². The number of hydrogen-bond donors (Lipinski definition) is 0. The Morgan fingerprint density at radius 3 is 2.75 bits per heavy atom. The average Bonchev–Trinajstić information content (AvgIpc) is 1.66. The number of allylic oxidation sites excluding steroid dienone is 1. The van der Waals surface area contributed by atoms with E-state index in [1.165, 1.54) is 11.8 Å². The largest absolute Gasteiger partial charge is 0.255 e. The van der Waals surface area contributed by atoms with Crippen LogP contribution in [0, 0.1) is 0 Å². The zero-order chi connectivity index (χ0) is 6.41. The molecule has 0 bridgehead atoms. The summed E-state index contributed by atoms with van der Waals surface area (Å²) in [6.45, 7) is 8.93. The zero-order valence-corrected chi connectivity index (χ0v) is 5.74. The third-order valence-corrected chi connectivity index (χ3v) is 0.850. The highest BCUT2D eigenvalue weighted by Crippen LogP contribution is 1.96. The van der Waals surface area contributed by atoms with Crippen LogP contribution < -0.4 is 0 Å². The maximum absolute atomic E-state index is 3.89. The lowest BCUT2D eigenvalue weighted by Crippen LogP contribution is -1.61. The second-order valence-electron chi connectivity index (χ2n) is 1.27. The maximum Gasteiger partial charge on any atom is 0.0641 e. The van der Waals surface area contributed by atoms with E-state index in [9.17, 15) is 0 Å². The first-order chi connectivity index (χ1) is 3.77. The molecule has 1 nitrogen and oxygen atoms in total. The SMILES string of the molecule is C=CSC=NC(=C)C. The minimum atomic E-state index is 0.819. The Balaban J connectivity index is 3.34. The monoisotopic (exact) mass is 127 g/mol. The van der Waals surface area contributed by atoms with E-state index < -0.39 is 0 Å². The van der Waals surface area contributed by atoms with Crippen LogP contribution in [-0.2, 0) is 0 Å². The molecule has 0 aromatic heterocycles. The summed E-state index contributed by atoms with van der Waals surface area (Å²) in [4.78, 5) is 3.89. The quantitative estimate of drug-likeness (QED) is 0.419. The molecule has 0 unspecified atom stereocenters. The van der Waals surface area contributed by atoms with E-state index in [1.807, 2.05) is 6.92 Å². The summed E-state index contributed by atoms with van der Waals surface area (Å²) in [7, 11) is 0. The molecule has 2 heteroatoms. The van der Waals surface area contributed by atoms with Gasteiger partial charge in [0.25, 0.3) is 0 Å². The summed E-state index contributed by atoms with van der Waals surface area (Å²) < 4.78 is 0. The highest BCUT2D eigenvalue weighted by molar-refractivity contribution is 8.14. The molecular weight excluding hydrogens is 118 g/mol. The van der Waals surface area contributed by atoms with E-state index in [4.69, 9.17) is 0 Å². The summed E-state index contributed by atoms with van der Waals surface area (Å²) in [6, 6.07) is 0. The Morgan fingerprint density at radius 2 is 2.38 bits per heavy atom. The topological polar surface area (TPSA) is 12.4 Å². The minimum Gasteiger partial charge on any atom is -0.255 e. The molecule has 0 N–H and O–H groups in total. The van der Waals surface area contributed by atoms with Gasteiger partial charge in [-0.1, -0.05) is 24.9 Å². The van der Waals surface area contributed by atoms with Crippen LogP contribution in [0.25, 0.3) is 0 Å². The molecule has 0 radical (unpaired) electrons. The van der Waals surface area contributed by atoms with E-state index in [2.05, 4.69) is 18.2 Å². The fourth-order valence-corrected chi connectivity index (χ4v) is 0.490. The molecule has 0 aromatic carbocycles. The van der Waals surface area contributed by atoms with Crippen LogP contribution in [0.3, 0.4) is 0 Å². The smallest absolute Gasteiger partial charge is 0.0641 e. The summed E-state index contributed by atoms with van der Waals surface area (Å²) in [5.74, 6) is 0. The first-order valence-corrected chi connectivity index (χ1v) is 3.16. The highest BCUT2D eigenvalue weighted by Gasteiger charge is 1.70. The molecule has 0 fully saturated rings. The molecule has 0 saturated heterocycles. The van der Waals surface area contributed by atoms with E-state index in [-0.39, 0.29) is 0 Å². The van der Waals surface area contributed by atoms with Crippen molar-refractivity contribution in [2.24, 2.45) is 4.99 Å². The number of hydrogen-bond acceptors (Lipinski definition) is 2. The zero-order valence-electron chi connectivity index (χ0n) is 4.92. The van der Waals surface area contributed by atoms with Crippen LogP contribution in [0.15, 0.2) is 29.3 Å². The van der Waals surface area contributed by atoms with Crippen LogP contribution in [0.2, 0.25) is 0 Å². The number of thioether (sulfide) groups is 1. The summed E-state index contributed by atoms with van der Waals surface area (Å²) in [5.41, 5.74) is 2.52. The lowest BCUT2D eigenvalue weighted by Gasteiger charge is -1.81. The van der Waals surface area contributed by atoms with Gasteiger partial charge in [-0.05, 0) is 12.3 Å². The van der Waals surface area contributed by atoms with Gasteiger partial charge in [0.1, 0.15) is 0 Å². The minimum absolute atomic E-state index is 0.819. The number of rotatable bonds is 3. The van der Waals surface area contributed by atoms with Crippen molar-refractivity contribution < 1.29 is 0 Å².